The molecule has 2 aromatic rings. The summed E-state index contributed by atoms with van der Waals surface area (Å²) in [6, 6.07) is 13.6. The Morgan fingerprint density at radius 3 is 2.48 bits per heavy atom. The summed E-state index contributed by atoms with van der Waals surface area (Å²) in [7, 11) is 0. The van der Waals surface area contributed by atoms with E-state index in [4.69, 9.17) is 9.84 Å². The van der Waals surface area contributed by atoms with Gasteiger partial charge in [-0.1, -0.05) is 24.3 Å². The molecule has 1 aliphatic heterocycles. The lowest BCUT2D eigenvalue weighted by Crippen LogP contribution is -2.33. The third-order valence-corrected chi connectivity index (χ3v) is 4.54. The van der Waals surface area contributed by atoms with Gasteiger partial charge in [-0.25, -0.2) is 4.39 Å². The minimum absolute atomic E-state index is 0.0243. The molecule has 5 heteroatoms. The van der Waals surface area contributed by atoms with E-state index in [1.54, 1.807) is 0 Å². The number of hydrogen-bond acceptors (Lipinski definition) is 3. The summed E-state index contributed by atoms with van der Waals surface area (Å²) in [5.74, 6) is 0.569. The summed E-state index contributed by atoms with van der Waals surface area (Å²) in [6.07, 6.45) is 1.90. The van der Waals surface area contributed by atoms with Gasteiger partial charge in [0.1, 0.15) is 11.6 Å². The summed E-state index contributed by atoms with van der Waals surface area (Å²) < 4.78 is 18.3. The quantitative estimate of drug-likeness (QED) is 0.877. The van der Waals surface area contributed by atoms with Crippen molar-refractivity contribution in [2.75, 3.05) is 19.7 Å². The largest absolute Gasteiger partial charge is 0.484 e. The van der Waals surface area contributed by atoms with Crippen molar-refractivity contribution in [1.29, 1.82) is 0 Å². The molecular formula is C20H22FNO3. The first-order valence-electron chi connectivity index (χ1n) is 8.49. The number of hydrogen-bond donors (Lipinski definition) is 1. The Bertz CT molecular complexity index is 700. The molecule has 1 amide bonds. The second-order valence-corrected chi connectivity index (χ2v) is 6.42. The van der Waals surface area contributed by atoms with Crippen LogP contribution in [-0.2, 0) is 17.8 Å². The van der Waals surface area contributed by atoms with Crippen LogP contribution in [0.25, 0.3) is 0 Å². The molecule has 0 radical (unpaired) electrons. The molecule has 0 aromatic heterocycles. The fourth-order valence-corrected chi connectivity index (χ4v) is 3.11. The molecule has 3 rings (SSSR count). The van der Waals surface area contributed by atoms with Crippen molar-refractivity contribution < 1.29 is 19.0 Å². The van der Waals surface area contributed by atoms with Gasteiger partial charge in [-0.05, 0) is 54.2 Å². The summed E-state index contributed by atoms with van der Waals surface area (Å²) in [5.41, 5.74) is 2.13. The van der Waals surface area contributed by atoms with E-state index in [0.29, 0.717) is 11.7 Å². The average molecular weight is 343 g/mol. The summed E-state index contributed by atoms with van der Waals surface area (Å²) >= 11 is 0. The highest BCUT2D eigenvalue weighted by Gasteiger charge is 2.26. The number of aliphatic hydroxyl groups excluding tert-OH is 1. The lowest BCUT2D eigenvalue weighted by Gasteiger charge is -2.17. The Balaban J connectivity index is 1.46. The minimum atomic E-state index is -0.326. The number of likely N-dealkylation sites (tertiary alicyclic amines) is 1. The first-order valence-corrected chi connectivity index (χ1v) is 8.49. The Kier molecular flexibility index (Phi) is 5.66. The van der Waals surface area contributed by atoms with Gasteiger partial charge < -0.3 is 14.7 Å². The molecular weight excluding hydrogens is 321 g/mol. The second-order valence-electron chi connectivity index (χ2n) is 6.42. The van der Waals surface area contributed by atoms with E-state index in [1.165, 1.54) is 29.8 Å². The molecule has 132 valence electrons. The van der Waals surface area contributed by atoms with Crippen molar-refractivity contribution in [3.8, 4) is 5.75 Å². The highest BCUT2D eigenvalue weighted by Crippen LogP contribution is 2.21. The predicted molar refractivity (Wildman–Crippen MR) is 92.7 cm³/mol. The van der Waals surface area contributed by atoms with E-state index in [0.717, 1.165) is 31.5 Å². The van der Waals surface area contributed by atoms with Gasteiger partial charge in [-0.3, -0.25) is 4.79 Å². The highest BCUT2D eigenvalue weighted by atomic mass is 19.1. The fraction of sp³-hybridized carbons (Fsp3) is 0.350. The van der Waals surface area contributed by atoms with Crippen LogP contribution in [0.15, 0.2) is 48.5 Å². The first-order chi connectivity index (χ1) is 12.1. The molecule has 1 fully saturated rings. The number of aliphatic hydroxyl groups is 1. The molecule has 4 nitrogen and oxygen atoms in total. The summed E-state index contributed by atoms with van der Waals surface area (Å²) in [5, 5.41) is 9.08. The van der Waals surface area contributed by atoms with Crippen LogP contribution >= 0.6 is 0 Å². The van der Waals surface area contributed by atoms with Gasteiger partial charge in [0.2, 0.25) is 0 Å². The number of carbonyl (C=O) groups excluding carboxylic acids is 1. The Morgan fingerprint density at radius 1 is 1.12 bits per heavy atom. The molecule has 0 saturated carbocycles. The predicted octanol–water partition coefficient (Wildman–Crippen LogP) is 2.79. The zero-order valence-electron chi connectivity index (χ0n) is 14.0. The normalized spacial score (nSPS) is 16.9. The molecule has 2 aromatic carbocycles. The molecule has 25 heavy (non-hydrogen) atoms. The fourth-order valence-electron chi connectivity index (χ4n) is 3.11. The lowest BCUT2D eigenvalue weighted by molar-refractivity contribution is -0.132. The van der Waals surface area contributed by atoms with Crippen molar-refractivity contribution in [2.24, 2.45) is 5.92 Å². The van der Waals surface area contributed by atoms with Gasteiger partial charge in [-0.15, -0.1) is 0 Å². The zero-order valence-corrected chi connectivity index (χ0v) is 14.0. The van der Waals surface area contributed by atoms with E-state index in [2.05, 4.69) is 0 Å². The van der Waals surface area contributed by atoms with E-state index in [9.17, 15) is 9.18 Å². The van der Waals surface area contributed by atoms with Crippen LogP contribution in [0.2, 0.25) is 0 Å². The van der Waals surface area contributed by atoms with Crippen molar-refractivity contribution in [3.05, 3.63) is 65.5 Å². The van der Waals surface area contributed by atoms with Gasteiger partial charge in [0.25, 0.3) is 5.91 Å². The number of halogens is 1. The highest BCUT2D eigenvalue weighted by molar-refractivity contribution is 5.78. The second kappa shape index (κ2) is 8.12. The first kappa shape index (κ1) is 17.4. The number of benzene rings is 2. The maximum atomic E-state index is 12.9. The van der Waals surface area contributed by atoms with Gasteiger partial charge >= 0.3 is 0 Å². The molecule has 0 aliphatic carbocycles. The Hall–Kier alpha value is -2.40. The van der Waals surface area contributed by atoms with Crippen LogP contribution in [0.4, 0.5) is 4.39 Å². The lowest BCUT2D eigenvalue weighted by atomic mass is 9.98. The van der Waals surface area contributed by atoms with E-state index in [1.807, 2.05) is 29.2 Å². The number of nitrogens with zero attached hydrogens (tertiary/aromatic N) is 1. The Morgan fingerprint density at radius 2 is 1.80 bits per heavy atom. The van der Waals surface area contributed by atoms with Crippen LogP contribution in [0.5, 0.6) is 5.75 Å². The maximum absolute atomic E-state index is 12.9. The summed E-state index contributed by atoms with van der Waals surface area (Å²) in [4.78, 5) is 14.1. The van der Waals surface area contributed by atoms with Gasteiger partial charge in [0.15, 0.2) is 6.61 Å². The topological polar surface area (TPSA) is 49.8 Å². The number of rotatable bonds is 6. The van der Waals surface area contributed by atoms with Gasteiger partial charge in [-0.2, -0.15) is 0 Å². The van der Waals surface area contributed by atoms with Crippen molar-refractivity contribution in [2.45, 2.75) is 19.4 Å². The standard InChI is InChI=1S/C20H22FNO3/c21-18-5-7-19(8-6-18)25-14-20(24)22-10-9-17(12-22)11-15-1-3-16(13-23)4-2-15/h1-8,17,23H,9-14H2. The molecule has 0 spiro atoms. The average Bonchev–Trinajstić information content (AvgIpc) is 3.10. The van der Waals surface area contributed by atoms with Crippen molar-refractivity contribution in [3.63, 3.8) is 0 Å². The molecule has 1 aliphatic rings. The van der Waals surface area contributed by atoms with Crippen LogP contribution in [0.3, 0.4) is 0 Å². The van der Waals surface area contributed by atoms with Gasteiger partial charge in [0.05, 0.1) is 6.61 Å². The molecule has 1 heterocycles. The molecule has 1 saturated heterocycles. The molecule has 1 unspecified atom stereocenters. The van der Waals surface area contributed by atoms with Crippen LogP contribution in [0.1, 0.15) is 17.5 Å². The van der Waals surface area contributed by atoms with E-state index >= 15 is 0 Å². The number of carbonyl (C=O) groups is 1. The van der Waals surface area contributed by atoms with Crippen molar-refractivity contribution in [1.82, 2.24) is 4.90 Å². The zero-order chi connectivity index (χ0) is 17.6. The van der Waals surface area contributed by atoms with Crippen LogP contribution < -0.4 is 4.74 Å². The third kappa shape index (κ3) is 4.79. The van der Waals surface area contributed by atoms with Gasteiger partial charge in [0, 0.05) is 13.1 Å². The third-order valence-electron chi connectivity index (χ3n) is 4.54. The number of ether oxygens (including phenoxy) is 1. The van der Waals surface area contributed by atoms with E-state index in [-0.39, 0.29) is 24.9 Å². The minimum Gasteiger partial charge on any atom is -0.484 e. The van der Waals surface area contributed by atoms with E-state index < -0.39 is 0 Å². The number of amides is 1. The molecule has 1 atom stereocenters. The summed E-state index contributed by atoms with van der Waals surface area (Å²) in [6.45, 7) is 1.50. The SMILES string of the molecule is O=C(COc1ccc(F)cc1)N1CCC(Cc2ccc(CO)cc2)C1. The molecule has 0 bridgehead atoms. The van der Waals surface area contributed by atoms with Crippen molar-refractivity contribution >= 4 is 5.91 Å². The van der Waals surface area contributed by atoms with Crippen LogP contribution in [0, 0.1) is 11.7 Å². The smallest absolute Gasteiger partial charge is 0.260 e. The monoisotopic (exact) mass is 343 g/mol. The Labute approximate surface area is 146 Å². The van der Waals surface area contributed by atoms with Crippen LogP contribution in [-0.4, -0.2) is 35.6 Å². The molecule has 1 N–H and O–H groups in total. The maximum Gasteiger partial charge on any atom is 0.260 e.